The average molecular weight is 446 g/mol. The summed E-state index contributed by atoms with van der Waals surface area (Å²) >= 11 is 0. The van der Waals surface area contributed by atoms with Crippen LogP contribution in [0.15, 0.2) is 46.2 Å². The Morgan fingerprint density at radius 2 is 1.88 bits per heavy atom. The highest BCUT2D eigenvalue weighted by Gasteiger charge is 2.26. The monoisotopic (exact) mass is 446 g/mol. The summed E-state index contributed by atoms with van der Waals surface area (Å²) in [4.78, 5) is 55.0. The summed E-state index contributed by atoms with van der Waals surface area (Å²) in [5.74, 6) is 0.505. The first-order valence-corrected chi connectivity index (χ1v) is 10.7. The normalized spacial score (nSPS) is 14.7. The molecule has 5 rings (SSSR count). The van der Waals surface area contributed by atoms with Crippen molar-refractivity contribution in [2.45, 2.75) is 25.8 Å². The highest BCUT2D eigenvalue weighted by Crippen LogP contribution is 2.29. The molecule has 0 aliphatic carbocycles. The van der Waals surface area contributed by atoms with Crippen LogP contribution in [0, 0.1) is 0 Å². The lowest BCUT2D eigenvalue weighted by Crippen LogP contribution is -2.41. The number of ether oxygens (including phenoxy) is 1. The fourth-order valence-corrected chi connectivity index (χ4v) is 4.39. The van der Waals surface area contributed by atoms with Crippen molar-refractivity contribution in [3.05, 3.63) is 57.5 Å². The SMILES string of the molecule is COc1ccc(-c2ccc3ncc4c(=O)[nH]c(=O)n(C5CCN(C(C)=O)CC5)c4c3n2)cn1. The summed E-state index contributed by atoms with van der Waals surface area (Å²) in [6, 6.07) is 7.05. The molecule has 4 aromatic rings. The van der Waals surface area contributed by atoms with E-state index >= 15 is 0 Å². The van der Waals surface area contributed by atoms with Crippen molar-refractivity contribution < 1.29 is 9.53 Å². The zero-order valence-electron chi connectivity index (χ0n) is 18.2. The Morgan fingerprint density at radius 3 is 2.55 bits per heavy atom. The molecule has 33 heavy (non-hydrogen) atoms. The fourth-order valence-electron chi connectivity index (χ4n) is 4.39. The first-order valence-electron chi connectivity index (χ1n) is 10.7. The zero-order chi connectivity index (χ0) is 23.1. The molecule has 1 N–H and O–H groups in total. The van der Waals surface area contributed by atoms with E-state index in [2.05, 4.69) is 15.0 Å². The number of pyridine rings is 3. The van der Waals surface area contributed by atoms with E-state index in [1.54, 1.807) is 35.8 Å². The molecule has 10 heteroatoms. The van der Waals surface area contributed by atoms with E-state index < -0.39 is 11.2 Å². The fraction of sp³-hybridized carbons (Fsp3) is 0.304. The van der Waals surface area contributed by atoms with Crippen LogP contribution in [0.3, 0.4) is 0 Å². The molecule has 0 radical (unpaired) electrons. The van der Waals surface area contributed by atoms with E-state index in [-0.39, 0.29) is 11.9 Å². The van der Waals surface area contributed by atoms with Crippen LogP contribution in [-0.2, 0) is 4.79 Å². The van der Waals surface area contributed by atoms with Gasteiger partial charge in [0.05, 0.1) is 29.2 Å². The Kier molecular flexibility index (Phi) is 5.12. The van der Waals surface area contributed by atoms with Gasteiger partial charge in [0.15, 0.2) is 0 Å². The second kappa shape index (κ2) is 8.12. The summed E-state index contributed by atoms with van der Waals surface area (Å²) in [6.07, 6.45) is 4.34. The number of amides is 1. The number of piperidine rings is 1. The summed E-state index contributed by atoms with van der Waals surface area (Å²) < 4.78 is 6.73. The van der Waals surface area contributed by atoms with E-state index in [4.69, 9.17) is 9.72 Å². The Hall–Kier alpha value is -4.08. The number of nitrogens with zero attached hydrogens (tertiary/aromatic N) is 5. The van der Waals surface area contributed by atoms with Crippen LogP contribution < -0.4 is 16.0 Å². The third-order valence-electron chi connectivity index (χ3n) is 6.13. The molecular weight excluding hydrogens is 424 g/mol. The number of carbonyl (C=O) groups is 1. The molecule has 1 amide bonds. The van der Waals surface area contributed by atoms with Crippen molar-refractivity contribution in [3.8, 4) is 17.1 Å². The maximum atomic E-state index is 13.0. The van der Waals surface area contributed by atoms with Gasteiger partial charge in [0.1, 0.15) is 5.52 Å². The number of aromatic amines is 1. The Bertz CT molecular complexity index is 1480. The van der Waals surface area contributed by atoms with Gasteiger partial charge in [-0.15, -0.1) is 0 Å². The number of methoxy groups -OCH3 is 1. The van der Waals surface area contributed by atoms with Crippen LogP contribution in [0.1, 0.15) is 25.8 Å². The number of likely N-dealkylation sites (tertiary alicyclic amines) is 1. The molecule has 0 spiro atoms. The molecule has 1 fully saturated rings. The molecule has 10 nitrogen and oxygen atoms in total. The van der Waals surface area contributed by atoms with Gasteiger partial charge in [-0.05, 0) is 31.0 Å². The largest absolute Gasteiger partial charge is 0.481 e. The Morgan fingerprint density at radius 1 is 1.09 bits per heavy atom. The van der Waals surface area contributed by atoms with E-state index in [9.17, 15) is 14.4 Å². The van der Waals surface area contributed by atoms with Crippen LogP contribution >= 0.6 is 0 Å². The number of fused-ring (bicyclic) bond motifs is 3. The van der Waals surface area contributed by atoms with Gasteiger partial charge in [-0.25, -0.2) is 14.8 Å². The number of aromatic nitrogens is 5. The van der Waals surface area contributed by atoms with Crippen molar-refractivity contribution in [1.29, 1.82) is 0 Å². The number of hydrogen-bond acceptors (Lipinski definition) is 7. The van der Waals surface area contributed by atoms with Gasteiger partial charge in [-0.1, -0.05) is 0 Å². The van der Waals surface area contributed by atoms with Gasteiger partial charge in [-0.3, -0.25) is 24.1 Å². The maximum absolute atomic E-state index is 13.0. The number of nitrogens with one attached hydrogen (secondary N) is 1. The standard InChI is InChI=1S/C23H22N6O4/c1-13(30)28-9-7-15(8-10-28)29-21-16(22(31)27-23(29)32)12-24-18-5-4-17(26-20(18)21)14-3-6-19(33-2)25-11-14/h3-6,11-12,15H,7-10H2,1-2H3,(H,27,31,32). The molecule has 4 aromatic heterocycles. The second-order valence-electron chi connectivity index (χ2n) is 8.04. The highest BCUT2D eigenvalue weighted by atomic mass is 16.5. The summed E-state index contributed by atoms with van der Waals surface area (Å²) in [5.41, 5.74) is 1.92. The molecule has 0 bridgehead atoms. The van der Waals surface area contributed by atoms with Gasteiger partial charge < -0.3 is 9.64 Å². The summed E-state index contributed by atoms with van der Waals surface area (Å²) in [5, 5.41) is 0.300. The predicted molar refractivity (Wildman–Crippen MR) is 122 cm³/mol. The molecule has 0 aromatic carbocycles. The third kappa shape index (κ3) is 3.63. The minimum atomic E-state index is -0.500. The maximum Gasteiger partial charge on any atom is 0.329 e. The lowest BCUT2D eigenvalue weighted by atomic mass is 10.0. The summed E-state index contributed by atoms with van der Waals surface area (Å²) in [7, 11) is 1.55. The molecule has 1 aliphatic heterocycles. The minimum Gasteiger partial charge on any atom is -0.481 e. The second-order valence-corrected chi connectivity index (χ2v) is 8.04. The quantitative estimate of drug-likeness (QED) is 0.477. The van der Waals surface area contributed by atoms with Crippen molar-refractivity contribution in [3.63, 3.8) is 0 Å². The molecule has 0 unspecified atom stereocenters. The molecule has 1 saturated heterocycles. The molecule has 0 saturated carbocycles. The number of hydrogen-bond donors (Lipinski definition) is 1. The van der Waals surface area contributed by atoms with Crippen molar-refractivity contribution in [2.24, 2.45) is 0 Å². The first-order chi connectivity index (χ1) is 16.0. The van der Waals surface area contributed by atoms with E-state index in [1.165, 1.54) is 6.20 Å². The number of rotatable bonds is 3. The van der Waals surface area contributed by atoms with Crippen LogP contribution in [0.2, 0.25) is 0 Å². The van der Waals surface area contributed by atoms with E-state index in [1.807, 2.05) is 18.2 Å². The van der Waals surface area contributed by atoms with Crippen molar-refractivity contribution in [1.82, 2.24) is 29.4 Å². The van der Waals surface area contributed by atoms with Gasteiger partial charge in [0.25, 0.3) is 5.56 Å². The highest BCUT2D eigenvalue weighted by molar-refractivity contribution is 6.01. The molecular formula is C23H22N6O4. The van der Waals surface area contributed by atoms with Gasteiger partial charge in [-0.2, -0.15) is 0 Å². The topological polar surface area (TPSA) is 123 Å². The Balaban J connectivity index is 1.71. The first kappa shape index (κ1) is 20.8. The number of H-pyrrole nitrogens is 1. The molecule has 168 valence electrons. The van der Waals surface area contributed by atoms with Crippen LogP contribution in [-0.4, -0.2) is 55.5 Å². The smallest absolute Gasteiger partial charge is 0.329 e. The molecule has 0 atom stereocenters. The van der Waals surface area contributed by atoms with Crippen molar-refractivity contribution in [2.75, 3.05) is 20.2 Å². The van der Waals surface area contributed by atoms with Crippen molar-refractivity contribution >= 4 is 27.8 Å². The average Bonchev–Trinajstić information content (AvgIpc) is 2.84. The lowest BCUT2D eigenvalue weighted by molar-refractivity contribution is -0.130. The number of carbonyl (C=O) groups excluding carboxylic acids is 1. The van der Waals surface area contributed by atoms with Crippen LogP contribution in [0.25, 0.3) is 33.2 Å². The van der Waals surface area contributed by atoms with E-state index in [0.717, 1.165) is 5.56 Å². The molecule has 5 heterocycles. The van der Waals surface area contributed by atoms with Gasteiger partial charge in [0.2, 0.25) is 11.8 Å². The third-order valence-corrected chi connectivity index (χ3v) is 6.13. The predicted octanol–water partition coefficient (Wildman–Crippen LogP) is 1.89. The lowest BCUT2D eigenvalue weighted by Gasteiger charge is -2.32. The minimum absolute atomic E-state index is 0.0150. The zero-order valence-corrected chi connectivity index (χ0v) is 18.2. The molecule has 1 aliphatic rings. The van der Waals surface area contributed by atoms with Gasteiger partial charge >= 0.3 is 5.69 Å². The van der Waals surface area contributed by atoms with Crippen LogP contribution in [0.4, 0.5) is 0 Å². The van der Waals surface area contributed by atoms with E-state index in [0.29, 0.717) is 59.4 Å². The van der Waals surface area contributed by atoms with Gasteiger partial charge in [0, 0.05) is 50.1 Å². The van der Waals surface area contributed by atoms with Crippen LogP contribution in [0.5, 0.6) is 5.88 Å². The summed E-state index contributed by atoms with van der Waals surface area (Å²) in [6.45, 7) is 2.64. The Labute approximate surface area is 187 Å².